The molecule has 0 heterocycles. The molecule has 0 saturated carbocycles. The van der Waals surface area contributed by atoms with Crippen LogP contribution in [0.1, 0.15) is 91.9 Å². The van der Waals surface area contributed by atoms with Crippen LogP contribution in [-0.4, -0.2) is 35.2 Å². The van der Waals surface area contributed by atoms with Gasteiger partial charge in [-0.2, -0.15) is 0 Å². The lowest BCUT2D eigenvalue weighted by Gasteiger charge is -2.12. The van der Waals surface area contributed by atoms with Crippen molar-refractivity contribution in [3.8, 4) is 0 Å². The minimum atomic E-state index is -1.73. The standard InChI is InChI=1S/C12H25Cl.C6H16O3Si/c1-2-3-4-5-6-7-8-9-10-11-12-13;1-4-7-10(8-5-2)9-6-3/h2-12H2,1H3;10H,4-6H2,1-3H3. The zero-order chi connectivity index (χ0) is 17.6. The molecule has 3 nitrogen and oxygen atoms in total. The molecule has 0 aliphatic rings. The molecule has 0 aliphatic carbocycles. The van der Waals surface area contributed by atoms with Gasteiger partial charge >= 0.3 is 9.53 Å². The molecule has 0 N–H and O–H groups in total. The van der Waals surface area contributed by atoms with E-state index in [9.17, 15) is 0 Å². The quantitative estimate of drug-likeness (QED) is 0.191. The second-order valence-corrected chi connectivity index (χ2v) is 7.48. The molecule has 142 valence electrons. The Morgan fingerprint density at radius 2 is 0.913 bits per heavy atom. The first-order valence-corrected chi connectivity index (χ1v) is 11.6. The SMILES string of the molecule is CCCCCCCCCCCCCl.CCO[SiH](OCC)OCC. The molecule has 0 aliphatic heterocycles. The molecule has 0 fully saturated rings. The van der Waals surface area contributed by atoms with Gasteiger partial charge in [-0.1, -0.05) is 64.7 Å². The van der Waals surface area contributed by atoms with Crippen LogP contribution in [0.4, 0.5) is 0 Å². The summed E-state index contributed by atoms with van der Waals surface area (Å²) < 4.78 is 15.7. The summed E-state index contributed by atoms with van der Waals surface area (Å²) in [6.07, 6.45) is 13.9. The van der Waals surface area contributed by atoms with E-state index >= 15 is 0 Å². The highest BCUT2D eigenvalue weighted by molar-refractivity contribution is 6.36. The van der Waals surface area contributed by atoms with Crippen LogP contribution in [0.15, 0.2) is 0 Å². The van der Waals surface area contributed by atoms with Gasteiger partial charge in [0.15, 0.2) is 0 Å². The molecule has 23 heavy (non-hydrogen) atoms. The Kier molecular flexibility index (Phi) is 27.4. The number of hydrogen-bond donors (Lipinski definition) is 0. The molecule has 0 aromatic heterocycles. The Morgan fingerprint density at radius 3 is 1.22 bits per heavy atom. The van der Waals surface area contributed by atoms with E-state index < -0.39 is 9.53 Å². The smallest absolute Gasteiger partial charge is 0.376 e. The summed E-state index contributed by atoms with van der Waals surface area (Å²) in [7, 11) is -1.73. The van der Waals surface area contributed by atoms with Gasteiger partial charge in [0.1, 0.15) is 0 Å². The van der Waals surface area contributed by atoms with Crippen molar-refractivity contribution in [2.45, 2.75) is 91.9 Å². The van der Waals surface area contributed by atoms with Gasteiger partial charge in [-0.3, -0.25) is 0 Å². The predicted octanol–water partition coefficient (Wildman–Crippen LogP) is 5.96. The van der Waals surface area contributed by atoms with Gasteiger partial charge in [0, 0.05) is 25.7 Å². The van der Waals surface area contributed by atoms with Gasteiger partial charge in [-0.25, -0.2) is 0 Å². The Hall–Kier alpha value is 0.387. The summed E-state index contributed by atoms with van der Waals surface area (Å²) in [5.74, 6) is 0.844. The molecule has 0 aromatic rings. The zero-order valence-corrected chi connectivity index (χ0v) is 18.0. The fourth-order valence-electron chi connectivity index (χ4n) is 2.13. The maximum absolute atomic E-state index is 5.60. The molecule has 0 saturated heterocycles. The minimum absolute atomic E-state index is 0.677. The summed E-state index contributed by atoms with van der Waals surface area (Å²) in [6.45, 7) is 10.1. The van der Waals surface area contributed by atoms with Gasteiger partial charge in [-0.15, -0.1) is 11.6 Å². The van der Waals surface area contributed by atoms with Crippen LogP contribution in [0.25, 0.3) is 0 Å². The fourth-order valence-corrected chi connectivity index (χ4v) is 3.43. The molecule has 0 radical (unpaired) electrons. The van der Waals surface area contributed by atoms with Crippen LogP contribution >= 0.6 is 11.6 Å². The van der Waals surface area contributed by atoms with Crippen LogP contribution in [0.3, 0.4) is 0 Å². The van der Waals surface area contributed by atoms with E-state index in [-0.39, 0.29) is 0 Å². The molecule has 0 spiro atoms. The predicted molar refractivity (Wildman–Crippen MR) is 105 cm³/mol. The van der Waals surface area contributed by atoms with Crippen LogP contribution in [0, 0.1) is 0 Å². The summed E-state index contributed by atoms with van der Waals surface area (Å²) in [5.41, 5.74) is 0. The lowest BCUT2D eigenvalue weighted by molar-refractivity contribution is 0.107. The van der Waals surface area contributed by atoms with Crippen LogP contribution < -0.4 is 0 Å². The zero-order valence-electron chi connectivity index (χ0n) is 16.1. The Bertz CT molecular complexity index is 173. The number of rotatable bonds is 16. The third kappa shape index (κ3) is 24.8. The van der Waals surface area contributed by atoms with E-state index in [1.54, 1.807) is 0 Å². The van der Waals surface area contributed by atoms with Gasteiger partial charge in [0.25, 0.3) is 0 Å². The average molecular weight is 369 g/mol. The van der Waals surface area contributed by atoms with E-state index in [0.29, 0.717) is 19.8 Å². The molecule has 0 amide bonds. The lowest BCUT2D eigenvalue weighted by atomic mass is 10.1. The normalized spacial score (nSPS) is 10.7. The molecule has 0 aromatic carbocycles. The summed E-state index contributed by atoms with van der Waals surface area (Å²) >= 11 is 5.60. The topological polar surface area (TPSA) is 27.7 Å². The Morgan fingerprint density at radius 1 is 0.565 bits per heavy atom. The molecule has 0 bridgehead atoms. The van der Waals surface area contributed by atoms with E-state index in [2.05, 4.69) is 6.92 Å². The highest BCUT2D eigenvalue weighted by Crippen LogP contribution is 2.10. The maximum atomic E-state index is 5.60. The molecule has 0 atom stereocenters. The van der Waals surface area contributed by atoms with Crippen LogP contribution in [-0.2, 0) is 13.3 Å². The number of halogens is 1. The first kappa shape index (κ1) is 25.6. The van der Waals surface area contributed by atoms with Crippen molar-refractivity contribution in [1.82, 2.24) is 0 Å². The maximum Gasteiger partial charge on any atom is 0.484 e. The van der Waals surface area contributed by atoms with Gasteiger partial charge in [0.05, 0.1) is 0 Å². The molecular weight excluding hydrogens is 328 g/mol. The van der Waals surface area contributed by atoms with E-state index in [4.69, 9.17) is 24.9 Å². The summed E-state index contributed by atoms with van der Waals surface area (Å²) in [5, 5.41) is 0. The Balaban J connectivity index is 0. The van der Waals surface area contributed by atoms with E-state index in [0.717, 1.165) is 5.88 Å². The molecule has 5 heteroatoms. The fraction of sp³-hybridized carbons (Fsp3) is 1.00. The van der Waals surface area contributed by atoms with Crippen molar-refractivity contribution in [3.05, 3.63) is 0 Å². The van der Waals surface area contributed by atoms with Gasteiger partial charge < -0.3 is 13.3 Å². The molecule has 0 rings (SSSR count). The Labute approximate surface area is 152 Å². The second kappa shape index (κ2) is 24.6. The van der Waals surface area contributed by atoms with Crippen molar-refractivity contribution in [3.63, 3.8) is 0 Å². The van der Waals surface area contributed by atoms with E-state index in [1.165, 1.54) is 64.2 Å². The number of hydrogen-bond acceptors (Lipinski definition) is 3. The minimum Gasteiger partial charge on any atom is -0.376 e. The third-order valence-electron chi connectivity index (χ3n) is 3.40. The first-order valence-electron chi connectivity index (χ1n) is 9.67. The van der Waals surface area contributed by atoms with Gasteiger partial charge in [0.2, 0.25) is 0 Å². The van der Waals surface area contributed by atoms with Crippen molar-refractivity contribution >= 4 is 21.1 Å². The molecule has 0 unspecified atom stereocenters. The highest BCUT2D eigenvalue weighted by atomic mass is 35.5. The summed E-state index contributed by atoms with van der Waals surface area (Å²) in [6, 6.07) is 0. The highest BCUT2D eigenvalue weighted by Gasteiger charge is 2.11. The van der Waals surface area contributed by atoms with Gasteiger partial charge in [-0.05, 0) is 27.2 Å². The first-order chi connectivity index (χ1) is 11.3. The van der Waals surface area contributed by atoms with Crippen molar-refractivity contribution in [2.75, 3.05) is 25.7 Å². The second-order valence-electron chi connectivity index (χ2n) is 5.53. The van der Waals surface area contributed by atoms with Crippen LogP contribution in [0.2, 0.25) is 0 Å². The van der Waals surface area contributed by atoms with Crippen molar-refractivity contribution < 1.29 is 13.3 Å². The third-order valence-corrected chi connectivity index (χ3v) is 5.48. The van der Waals surface area contributed by atoms with Crippen molar-refractivity contribution in [2.24, 2.45) is 0 Å². The monoisotopic (exact) mass is 368 g/mol. The lowest BCUT2D eigenvalue weighted by Crippen LogP contribution is -2.27. The largest absolute Gasteiger partial charge is 0.484 e. The van der Waals surface area contributed by atoms with Crippen molar-refractivity contribution in [1.29, 1.82) is 0 Å². The summed E-state index contributed by atoms with van der Waals surface area (Å²) in [4.78, 5) is 0. The van der Waals surface area contributed by atoms with E-state index in [1.807, 2.05) is 20.8 Å². The average Bonchev–Trinajstić information content (AvgIpc) is 2.55. The van der Waals surface area contributed by atoms with Crippen LogP contribution in [0.5, 0.6) is 0 Å². The number of alkyl halides is 1. The number of unbranched alkanes of at least 4 members (excludes halogenated alkanes) is 9. The molecular formula is C18H41ClO3Si.